The molecule has 0 aliphatic rings. The summed E-state index contributed by atoms with van der Waals surface area (Å²) in [7, 11) is -3.91. The molecule has 4 N–H and O–H groups in total. The number of nitrogen functional groups attached to an aromatic ring is 1. The fourth-order valence-corrected chi connectivity index (χ4v) is 5.39. The van der Waals surface area contributed by atoms with Crippen molar-refractivity contribution in [3.05, 3.63) is 12.7 Å². The molecule has 2 heterocycles. The highest BCUT2D eigenvalue weighted by Gasteiger charge is 2.22. The maximum absolute atomic E-state index is 12.3. The average Bonchev–Trinajstić information content (AvgIpc) is 3.37. The lowest BCUT2D eigenvalue weighted by molar-refractivity contribution is 0.0860. The number of fused-ring (bicyclic) bond motifs is 1. The summed E-state index contributed by atoms with van der Waals surface area (Å²) < 4.78 is 30.0. The molecule has 2 aromatic heterocycles. The Labute approximate surface area is 239 Å². The molecule has 0 saturated heterocycles. The number of nitrogens with zero attached hydrogens (tertiary/aromatic N) is 4. The summed E-state index contributed by atoms with van der Waals surface area (Å²) in [6.07, 6.45) is 21.4. The molecule has 0 fully saturated rings. The Kier molecular flexibility index (Phi) is 18.3. The van der Waals surface area contributed by atoms with Gasteiger partial charge in [-0.25, -0.2) is 15.0 Å². The van der Waals surface area contributed by atoms with Gasteiger partial charge in [-0.15, -0.1) is 0 Å². The van der Waals surface area contributed by atoms with E-state index in [0.717, 1.165) is 6.42 Å². The fraction of sp³-hybridized carbons (Fsp3) is 0.821. The van der Waals surface area contributed by atoms with E-state index in [9.17, 15) is 14.6 Å². The van der Waals surface area contributed by atoms with Crippen LogP contribution >= 0.6 is 7.60 Å². The molecule has 2 aromatic rings. The number of nitrogens with two attached hydrogens (primary N) is 1. The van der Waals surface area contributed by atoms with Gasteiger partial charge in [-0.3, -0.25) is 4.57 Å². The quantitative estimate of drug-likeness (QED) is 0.0883. The molecule has 0 spiro atoms. The third kappa shape index (κ3) is 14.3. The number of rotatable bonds is 26. The Morgan fingerprint density at radius 3 is 2.08 bits per heavy atom. The minimum absolute atomic E-state index is 0.0257. The Morgan fingerprint density at radius 1 is 0.850 bits per heavy atom. The highest BCUT2D eigenvalue weighted by atomic mass is 31.2. The van der Waals surface area contributed by atoms with E-state index in [2.05, 4.69) is 21.9 Å². The van der Waals surface area contributed by atoms with Gasteiger partial charge >= 0.3 is 7.60 Å². The Morgan fingerprint density at radius 2 is 1.45 bits per heavy atom. The standard InChI is InChI=1S/C28H52N5O6P/c1-2-3-4-5-6-7-8-9-10-11-12-13-14-15-17-37-18-16-19-39-40(35,36)24-38-21-25(20-34)33-23-32-26-27(29)30-22-31-28(26)33/h22-23,25,34H,2-21,24H2,1H3,(H,35,36)(H2,29,30,31). The zero-order chi connectivity index (χ0) is 28.9. The van der Waals surface area contributed by atoms with Crippen molar-refractivity contribution in [1.29, 1.82) is 0 Å². The molecule has 230 valence electrons. The molecule has 2 atom stereocenters. The summed E-state index contributed by atoms with van der Waals surface area (Å²) >= 11 is 0. The van der Waals surface area contributed by atoms with E-state index in [1.54, 1.807) is 4.57 Å². The highest BCUT2D eigenvalue weighted by molar-refractivity contribution is 7.52. The molecule has 0 aliphatic heterocycles. The topological polar surface area (TPSA) is 155 Å². The van der Waals surface area contributed by atoms with Gasteiger partial charge in [0.15, 0.2) is 11.5 Å². The number of hydrogen-bond acceptors (Lipinski definition) is 9. The minimum Gasteiger partial charge on any atom is -0.394 e. The van der Waals surface area contributed by atoms with Crippen LogP contribution in [-0.4, -0.2) is 68.9 Å². The van der Waals surface area contributed by atoms with Crippen molar-refractivity contribution in [1.82, 2.24) is 19.5 Å². The van der Waals surface area contributed by atoms with Crippen molar-refractivity contribution in [3.63, 3.8) is 0 Å². The molecule has 11 nitrogen and oxygen atoms in total. The lowest BCUT2D eigenvalue weighted by atomic mass is 10.0. The summed E-state index contributed by atoms with van der Waals surface area (Å²) in [4.78, 5) is 22.2. The lowest BCUT2D eigenvalue weighted by Crippen LogP contribution is -2.19. The Balaban J connectivity index is 1.41. The molecular formula is C28H52N5O6P. The van der Waals surface area contributed by atoms with Crippen LogP contribution < -0.4 is 5.73 Å². The van der Waals surface area contributed by atoms with Crippen LogP contribution in [0.4, 0.5) is 5.82 Å². The Hall–Kier alpha value is -1.62. The van der Waals surface area contributed by atoms with Crippen LogP contribution in [0, 0.1) is 0 Å². The van der Waals surface area contributed by atoms with Crippen LogP contribution in [0.2, 0.25) is 0 Å². The van der Waals surface area contributed by atoms with Gasteiger partial charge in [0.05, 0.1) is 32.2 Å². The predicted molar refractivity (Wildman–Crippen MR) is 158 cm³/mol. The Bertz CT molecular complexity index is 962. The lowest BCUT2D eigenvalue weighted by Gasteiger charge is -2.18. The van der Waals surface area contributed by atoms with Crippen molar-refractivity contribution in [2.24, 2.45) is 0 Å². The normalized spacial score (nSPS) is 14.1. The van der Waals surface area contributed by atoms with E-state index in [1.165, 1.54) is 96.1 Å². The van der Waals surface area contributed by atoms with Crippen molar-refractivity contribution in [3.8, 4) is 0 Å². The number of aromatic nitrogens is 4. The molecule has 12 heteroatoms. The first-order valence-corrected chi connectivity index (χ1v) is 16.9. The summed E-state index contributed by atoms with van der Waals surface area (Å²) in [5.74, 6) is 0.234. The maximum Gasteiger partial charge on any atom is 0.353 e. The smallest absolute Gasteiger partial charge is 0.353 e. The number of aliphatic hydroxyl groups excluding tert-OH is 1. The summed E-state index contributed by atoms with van der Waals surface area (Å²) in [5, 5.41) is 9.75. The third-order valence-corrected chi connectivity index (χ3v) is 8.02. The third-order valence-electron chi connectivity index (χ3n) is 6.92. The first kappa shape index (κ1) is 34.6. The molecule has 40 heavy (non-hydrogen) atoms. The van der Waals surface area contributed by atoms with E-state index in [-0.39, 0.29) is 25.6 Å². The monoisotopic (exact) mass is 585 g/mol. The van der Waals surface area contributed by atoms with E-state index in [4.69, 9.17) is 19.7 Å². The SMILES string of the molecule is CCCCCCCCCCCCCCCCOCCCOP(=O)(O)COCC(CO)n1cnc2c(N)ncnc21. The second kappa shape index (κ2) is 21.1. The van der Waals surface area contributed by atoms with Crippen molar-refractivity contribution in [2.45, 2.75) is 109 Å². The van der Waals surface area contributed by atoms with E-state index in [1.807, 2.05) is 0 Å². The highest BCUT2D eigenvalue weighted by Crippen LogP contribution is 2.42. The molecule has 2 unspecified atom stereocenters. The van der Waals surface area contributed by atoms with Crippen LogP contribution in [-0.2, 0) is 18.6 Å². The molecule has 0 aliphatic carbocycles. The number of imidazole rings is 1. The second-order valence-corrected chi connectivity index (χ2v) is 12.2. The maximum atomic E-state index is 12.3. The van der Waals surface area contributed by atoms with Crippen LogP contribution in [0.25, 0.3) is 11.2 Å². The molecule has 0 aromatic carbocycles. The van der Waals surface area contributed by atoms with E-state index < -0.39 is 20.0 Å². The van der Waals surface area contributed by atoms with Gasteiger partial charge in [0.25, 0.3) is 0 Å². The van der Waals surface area contributed by atoms with Crippen LogP contribution in [0.3, 0.4) is 0 Å². The van der Waals surface area contributed by atoms with Crippen molar-refractivity contribution in [2.75, 3.05) is 45.1 Å². The van der Waals surface area contributed by atoms with Gasteiger partial charge in [-0.1, -0.05) is 90.4 Å². The molecule has 0 radical (unpaired) electrons. The summed E-state index contributed by atoms with van der Waals surface area (Å²) in [6.45, 7) is 3.28. The number of ether oxygens (including phenoxy) is 2. The van der Waals surface area contributed by atoms with Crippen molar-refractivity contribution < 1.29 is 28.6 Å². The fourth-order valence-electron chi connectivity index (χ4n) is 4.57. The van der Waals surface area contributed by atoms with Crippen molar-refractivity contribution >= 4 is 24.6 Å². The zero-order valence-corrected chi connectivity index (χ0v) is 25.3. The predicted octanol–water partition coefficient (Wildman–Crippen LogP) is 6.01. The number of hydrogen-bond donors (Lipinski definition) is 3. The largest absolute Gasteiger partial charge is 0.394 e. The number of anilines is 1. The second-order valence-electron chi connectivity index (χ2n) is 10.5. The van der Waals surface area contributed by atoms with Gasteiger partial charge in [0, 0.05) is 13.2 Å². The first-order valence-electron chi connectivity index (χ1n) is 15.1. The van der Waals surface area contributed by atoms with E-state index >= 15 is 0 Å². The molecule has 0 bridgehead atoms. The van der Waals surface area contributed by atoms with Gasteiger partial charge in [-0.2, -0.15) is 0 Å². The van der Waals surface area contributed by atoms with Crippen LogP contribution in [0.15, 0.2) is 12.7 Å². The summed E-state index contributed by atoms with van der Waals surface area (Å²) in [5.41, 5.74) is 6.67. The number of aliphatic hydroxyl groups is 1. The average molecular weight is 586 g/mol. The molecule has 2 rings (SSSR count). The summed E-state index contributed by atoms with van der Waals surface area (Å²) in [6, 6.07) is -0.553. The molecular weight excluding hydrogens is 533 g/mol. The minimum atomic E-state index is -3.91. The van der Waals surface area contributed by atoms with E-state index in [0.29, 0.717) is 30.8 Å². The van der Waals surface area contributed by atoms with Gasteiger partial charge in [-0.05, 0) is 12.8 Å². The first-order chi connectivity index (χ1) is 19.5. The van der Waals surface area contributed by atoms with Gasteiger partial charge in [0.1, 0.15) is 18.2 Å². The zero-order valence-electron chi connectivity index (χ0n) is 24.4. The van der Waals surface area contributed by atoms with Gasteiger partial charge < -0.3 is 34.3 Å². The number of unbranched alkanes of at least 4 members (excludes halogenated alkanes) is 13. The van der Waals surface area contributed by atoms with Crippen LogP contribution in [0.5, 0.6) is 0 Å². The molecule has 0 amide bonds. The molecule has 0 saturated carbocycles. The van der Waals surface area contributed by atoms with Gasteiger partial charge in [0.2, 0.25) is 0 Å². The van der Waals surface area contributed by atoms with Crippen LogP contribution in [0.1, 0.15) is 109 Å².